The number of hydrogen-bond donors (Lipinski definition) is 1. The average Bonchev–Trinajstić information content (AvgIpc) is 2.74. The molecule has 24 heavy (non-hydrogen) atoms. The molecule has 1 heterocycles. The first-order valence-electron chi connectivity index (χ1n) is 7.52. The molecular formula is C15H17N4O5-. The number of nitro benzene ring substituents is 1. The van der Waals surface area contributed by atoms with Crippen LogP contribution in [0.5, 0.6) is 5.75 Å². The monoisotopic (exact) mass is 333 g/mol. The summed E-state index contributed by atoms with van der Waals surface area (Å²) in [6, 6.07) is 3.25. The van der Waals surface area contributed by atoms with E-state index >= 15 is 0 Å². The Morgan fingerprint density at radius 3 is 2.92 bits per heavy atom. The Hall–Kier alpha value is -2.97. The second-order valence-electron chi connectivity index (χ2n) is 5.40. The largest absolute Gasteiger partial charge is 0.872 e. The minimum Gasteiger partial charge on any atom is -0.872 e. The van der Waals surface area contributed by atoms with E-state index in [-0.39, 0.29) is 23.7 Å². The molecule has 0 radical (unpaired) electrons. The Morgan fingerprint density at radius 1 is 1.38 bits per heavy atom. The molecule has 1 saturated heterocycles. The van der Waals surface area contributed by atoms with Gasteiger partial charge < -0.3 is 10.0 Å². The summed E-state index contributed by atoms with van der Waals surface area (Å²) in [7, 11) is 0. The number of likely N-dealkylation sites (tertiary alicyclic amines) is 1. The Morgan fingerprint density at radius 2 is 2.17 bits per heavy atom. The number of amides is 2. The van der Waals surface area contributed by atoms with Gasteiger partial charge in [0.2, 0.25) is 5.91 Å². The lowest BCUT2D eigenvalue weighted by Crippen LogP contribution is -2.39. The van der Waals surface area contributed by atoms with Gasteiger partial charge in [-0.3, -0.25) is 19.7 Å². The molecule has 0 atom stereocenters. The molecule has 0 unspecified atom stereocenters. The number of carbonyl (C=O) groups is 2. The Labute approximate surface area is 138 Å². The zero-order chi connectivity index (χ0) is 17.5. The number of non-ortho nitro benzene ring substituents is 1. The molecule has 1 fully saturated rings. The molecule has 0 bridgehead atoms. The molecule has 9 nitrogen and oxygen atoms in total. The van der Waals surface area contributed by atoms with Gasteiger partial charge in [0.15, 0.2) is 0 Å². The molecule has 0 saturated carbocycles. The van der Waals surface area contributed by atoms with E-state index in [1.54, 1.807) is 0 Å². The van der Waals surface area contributed by atoms with Gasteiger partial charge in [-0.2, -0.15) is 5.10 Å². The van der Waals surface area contributed by atoms with Crippen molar-refractivity contribution in [1.82, 2.24) is 10.3 Å². The maximum atomic E-state index is 11.8. The van der Waals surface area contributed by atoms with Gasteiger partial charge in [0.05, 0.1) is 11.1 Å². The van der Waals surface area contributed by atoms with Crippen LogP contribution in [0.3, 0.4) is 0 Å². The standard InChI is InChI=1S/C15H18N4O5/c20-13-6-5-12(19(23)24)8-11(13)9-16-17-14(21)10-18-7-3-1-2-4-15(18)22/h5-6,8-9,20H,1-4,7,10H2,(H,17,21)/p-1/b16-9-. The molecule has 1 N–H and O–H groups in total. The highest BCUT2D eigenvalue weighted by Gasteiger charge is 2.18. The third-order valence-electron chi connectivity index (χ3n) is 3.60. The molecule has 128 valence electrons. The van der Waals surface area contributed by atoms with E-state index in [2.05, 4.69) is 10.5 Å². The van der Waals surface area contributed by atoms with Crippen LogP contribution in [0.25, 0.3) is 0 Å². The smallest absolute Gasteiger partial charge is 0.270 e. The topological polar surface area (TPSA) is 128 Å². The van der Waals surface area contributed by atoms with Crippen molar-refractivity contribution in [1.29, 1.82) is 0 Å². The van der Waals surface area contributed by atoms with Crippen molar-refractivity contribution in [3.63, 3.8) is 0 Å². The molecular weight excluding hydrogens is 316 g/mol. The van der Waals surface area contributed by atoms with Gasteiger partial charge in [0, 0.05) is 25.1 Å². The Bertz CT molecular complexity index is 674. The molecule has 1 aliphatic heterocycles. The van der Waals surface area contributed by atoms with Crippen LogP contribution in [-0.4, -0.2) is 40.9 Å². The molecule has 0 spiro atoms. The van der Waals surface area contributed by atoms with Crippen LogP contribution in [0.1, 0.15) is 31.2 Å². The van der Waals surface area contributed by atoms with Crippen LogP contribution in [0.15, 0.2) is 23.3 Å². The maximum absolute atomic E-state index is 11.8. The molecule has 2 rings (SSSR count). The normalized spacial score (nSPS) is 15.3. The highest BCUT2D eigenvalue weighted by molar-refractivity contribution is 5.87. The van der Waals surface area contributed by atoms with Crippen LogP contribution in [0.2, 0.25) is 0 Å². The van der Waals surface area contributed by atoms with Crippen LogP contribution in [-0.2, 0) is 9.59 Å². The summed E-state index contributed by atoms with van der Waals surface area (Å²) in [5, 5.41) is 25.9. The molecule has 0 aliphatic carbocycles. The first-order chi connectivity index (χ1) is 11.5. The third kappa shape index (κ3) is 4.77. The van der Waals surface area contributed by atoms with E-state index in [4.69, 9.17) is 0 Å². The van der Waals surface area contributed by atoms with E-state index in [9.17, 15) is 24.8 Å². The lowest BCUT2D eigenvalue weighted by atomic mass is 10.2. The number of benzene rings is 1. The first kappa shape index (κ1) is 17.4. The van der Waals surface area contributed by atoms with Crippen molar-refractivity contribution in [3.8, 4) is 5.75 Å². The number of hydrazone groups is 1. The predicted molar refractivity (Wildman–Crippen MR) is 83.3 cm³/mol. The highest BCUT2D eigenvalue weighted by Crippen LogP contribution is 2.19. The lowest BCUT2D eigenvalue weighted by Gasteiger charge is -2.18. The minimum absolute atomic E-state index is 0.00431. The van der Waals surface area contributed by atoms with Crippen molar-refractivity contribution in [3.05, 3.63) is 33.9 Å². The summed E-state index contributed by atoms with van der Waals surface area (Å²) in [6.07, 6.45) is 4.13. The summed E-state index contributed by atoms with van der Waals surface area (Å²) in [5.41, 5.74) is 1.98. The first-order valence-corrected chi connectivity index (χ1v) is 7.52. The van der Waals surface area contributed by atoms with Crippen molar-refractivity contribution in [2.75, 3.05) is 13.1 Å². The van der Waals surface area contributed by atoms with E-state index < -0.39 is 16.6 Å². The second-order valence-corrected chi connectivity index (χ2v) is 5.40. The van der Waals surface area contributed by atoms with Gasteiger partial charge in [-0.25, -0.2) is 5.43 Å². The van der Waals surface area contributed by atoms with Gasteiger partial charge >= 0.3 is 0 Å². The number of nitro groups is 1. The summed E-state index contributed by atoms with van der Waals surface area (Å²) >= 11 is 0. The number of rotatable bonds is 5. The van der Waals surface area contributed by atoms with Crippen LogP contribution < -0.4 is 10.5 Å². The third-order valence-corrected chi connectivity index (χ3v) is 3.60. The second kappa shape index (κ2) is 8.04. The minimum atomic E-state index is -0.625. The predicted octanol–water partition coefficient (Wildman–Crippen LogP) is 0.521. The molecule has 2 amide bonds. The van der Waals surface area contributed by atoms with Crippen molar-refractivity contribution in [2.24, 2.45) is 5.10 Å². The number of hydrogen-bond acceptors (Lipinski definition) is 6. The number of nitrogens with one attached hydrogen (secondary N) is 1. The van der Waals surface area contributed by atoms with Gasteiger partial charge in [-0.1, -0.05) is 18.2 Å². The highest BCUT2D eigenvalue weighted by atomic mass is 16.6. The lowest BCUT2D eigenvalue weighted by molar-refractivity contribution is -0.385. The summed E-state index contributed by atoms with van der Waals surface area (Å²) < 4.78 is 0. The van der Waals surface area contributed by atoms with Crippen molar-refractivity contribution >= 4 is 23.7 Å². The molecule has 9 heteroatoms. The zero-order valence-electron chi connectivity index (χ0n) is 12.9. The van der Waals surface area contributed by atoms with E-state index in [1.807, 2.05) is 0 Å². The maximum Gasteiger partial charge on any atom is 0.270 e. The van der Waals surface area contributed by atoms with Gasteiger partial charge in [0.25, 0.3) is 11.6 Å². The average molecular weight is 333 g/mol. The van der Waals surface area contributed by atoms with Gasteiger partial charge in [-0.05, 0) is 18.4 Å². The van der Waals surface area contributed by atoms with Crippen LogP contribution in [0.4, 0.5) is 5.69 Å². The van der Waals surface area contributed by atoms with E-state index in [0.717, 1.165) is 43.7 Å². The van der Waals surface area contributed by atoms with Gasteiger partial charge in [0.1, 0.15) is 6.54 Å². The summed E-state index contributed by atoms with van der Waals surface area (Å²) in [5.74, 6) is -0.993. The van der Waals surface area contributed by atoms with Crippen LogP contribution >= 0.6 is 0 Å². The zero-order valence-corrected chi connectivity index (χ0v) is 12.9. The van der Waals surface area contributed by atoms with E-state index in [1.165, 1.54) is 4.90 Å². The quantitative estimate of drug-likeness (QED) is 0.477. The summed E-state index contributed by atoms with van der Waals surface area (Å²) in [6.45, 7) is 0.431. The van der Waals surface area contributed by atoms with E-state index in [0.29, 0.717) is 13.0 Å². The fourth-order valence-corrected chi connectivity index (χ4v) is 2.34. The van der Waals surface area contributed by atoms with Gasteiger partial charge in [-0.15, -0.1) is 0 Å². The van der Waals surface area contributed by atoms with Crippen LogP contribution in [0, 0.1) is 10.1 Å². The number of nitrogens with zero attached hydrogens (tertiary/aromatic N) is 3. The number of carbonyl (C=O) groups excluding carboxylic acids is 2. The molecule has 1 aliphatic rings. The SMILES string of the molecule is O=C(CN1CCCCCC1=O)N/N=C\c1cc([N+](=O)[O-])ccc1[O-]. The molecule has 1 aromatic carbocycles. The van der Waals surface area contributed by atoms with Crippen molar-refractivity contribution < 1.29 is 19.6 Å². The fraction of sp³-hybridized carbons (Fsp3) is 0.400. The molecule has 1 aromatic rings. The molecule has 0 aromatic heterocycles. The Kier molecular flexibility index (Phi) is 5.83. The van der Waals surface area contributed by atoms with Crippen molar-refractivity contribution in [2.45, 2.75) is 25.7 Å². The summed E-state index contributed by atoms with van der Waals surface area (Å²) in [4.78, 5) is 35.1. The Balaban J connectivity index is 1.93. The fourth-order valence-electron chi connectivity index (χ4n) is 2.34.